The molecule has 0 aliphatic heterocycles. The lowest BCUT2D eigenvalue weighted by Crippen LogP contribution is -2.37. The zero-order valence-electron chi connectivity index (χ0n) is 11.4. The number of nitrogens with zero attached hydrogens (tertiary/aromatic N) is 1. The molecule has 0 unspecified atom stereocenters. The van der Waals surface area contributed by atoms with Crippen molar-refractivity contribution in [2.75, 3.05) is 0 Å². The lowest BCUT2D eigenvalue weighted by Gasteiger charge is -2.28. The number of amides is 1. The number of hydrogen-bond donors (Lipinski definition) is 1. The second-order valence-electron chi connectivity index (χ2n) is 5.37. The number of carbonyl (C=O) groups excluding carboxylic acids is 1. The topological polar surface area (TPSA) is 42.0 Å². The Balaban J connectivity index is 1.84. The number of nitrogens with one attached hydrogen (secondary N) is 1. The van der Waals surface area contributed by atoms with Gasteiger partial charge in [-0.1, -0.05) is 19.8 Å². The van der Waals surface area contributed by atoms with Crippen LogP contribution >= 0.6 is 15.9 Å². The van der Waals surface area contributed by atoms with Crippen molar-refractivity contribution in [3.8, 4) is 0 Å². The number of aromatic nitrogens is 1. The van der Waals surface area contributed by atoms with Crippen LogP contribution in [0.15, 0.2) is 22.9 Å². The van der Waals surface area contributed by atoms with Crippen molar-refractivity contribution in [1.82, 2.24) is 10.3 Å². The number of carbonyl (C=O) groups is 1. The zero-order valence-corrected chi connectivity index (χ0v) is 12.9. The molecule has 3 nitrogen and oxygen atoms in total. The van der Waals surface area contributed by atoms with Crippen molar-refractivity contribution in [1.29, 1.82) is 0 Å². The minimum Gasteiger partial charge on any atom is -0.349 e. The molecule has 1 heterocycles. The van der Waals surface area contributed by atoms with Gasteiger partial charge in [0.1, 0.15) is 0 Å². The van der Waals surface area contributed by atoms with Crippen LogP contribution in [0, 0.1) is 5.92 Å². The van der Waals surface area contributed by atoms with Gasteiger partial charge in [-0.25, -0.2) is 0 Å². The van der Waals surface area contributed by atoms with E-state index in [0.717, 1.165) is 23.2 Å². The van der Waals surface area contributed by atoms with E-state index in [9.17, 15) is 4.79 Å². The Labute approximate surface area is 123 Å². The summed E-state index contributed by atoms with van der Waals surface area (Å²) in [6.45, 7) is 2.24. The molecule has 1 saturated carbocycles. The summed E-state index contributed by atoms with van der Waals surface area (Å²) in [7, 11) is 0. The third-order valence-electron chi connectivity index (χ3n) is 3.85. The number of hydrogen-bond acceptors (Lipinski definition) is 2. The van der Waals surface area contributed by atoms with E-state index in [1.807, 2.05) is 6.07 Å². The Bertz CT molecular complexity index is 428. The van der Waals surface area contributed by atoms with Gasteiger partial charge in [-0.3, -0.25) is 9.78 Å². The highest BCUT2D eigenvalue weighted by molar-refractivity contribution is 9.10. The first-order chi connectivity index (χ1) is 9.19. The van der Waals surface area contributed by atoms with Crippen LogP contribution in [0.4, 0.5) is 0 Å². The highest BCUT2D eigenvalue weighted by atomic mass is 79.9. The summed E-state index contributed by atoms with van der Waals surface area (Å²) in [5, 5.41) is 3.13. The first-order valence-corrected chi connectivity index (χ1v) is 7.89. The van der Waals surface area contributed by atoms with Gasteiger partial charge in [-0.15, -0.1) is 0 Å². The molecule has 4 heteroatoms. The van der Waals surface area contributed by atoms with E-state index in [1.165, 1.54) is 25.7 Å². The van der Waals surface area contributed by atoms with Gasteiger partial charge in [-0.05, 0) is 53.6 Å². The van der Waals surface area contributed by atoms with E-state index >= 15 is 0 Å². The highest BCUT2D eigenvalue weighted by Gasteiger charge is 2.22. The van der Waals surface area contributed by atoms with E-state index in [2.05, 4.69) is 33.2 Å². The van der Waals surface area contributed by atoms with Crippen LogP contribution in [0.1, 0.15) is 55.8 Å². The average molecular weight is 325 g/mol. The second-order valence-corrected chi connectivity index (χ2v) is 6.29. The lowest BCUT2D eigenvalue weighted by atomic mass is 9.83. The SMILES string of the molecule is CCCC1CCC(NC(=O)c2cncc(Br)c2)CC1. The quantitative estimate of drug-likeness (QED) is 0.911. The van der Waals surface area contributed by atoms with E-state index in [4.69, 9.17) is 0 Å². The minimum atomic E-state index is -0.00672. The van der Waals surface area contributed by atoms with Crippen molar-refractivity contribution in [3.05, 3.63) is 28.5 Å². The van der Waals surface area contributed by atoms with Gasteiger partial charge in [-0.2, -0.15) is 0 Å². The molecule has 1 aromatic rings. The standard InChI is InChI=1S/C15H21BrN2O/c1-2-3-11-4-6-14(7-5-11)18-15(19)12-8-13(16)10-17-9-12/h8-11,14H,2-7H2,1H3,(H,18,19). The predicted octanol–water partition coefficient (Wildman–Crippen LogP) is 3.93. The highest BCUT2D eigenvalue weighted by Crippen LogP contribution is 2.27. The molecule has 0 saturated heterocycles. The average Bonchev–Trinajstić information content (AvgIpc) is 2.41. The Kier molecular flexibility index (Phi) is 5.37. The number of pyridine rings is 1. The van der Waals surface area contributed by atoms with Gasteiger partial charge in [0.25, 0.3) is 5.91 Å². The van der Waals surface area contributed by atoms with E-state index in [1.54, 1.807) is 12.4 Å². The lowest BCUT2D eigenvalue weighted by molar-refractivity contribution is 0.0920. The second kappa shape index (κ2) is 7.04. The molecular formula is C15H21BrN2O. The molecule has 1 aliphatic carbocycles. The summed E-state index contributed by atoms with van der Waals surface area (Å²) >= 11 is 3.34. The first kappa shape index (κ1) is 14.5. The molecule has 1 fully saturated rings. The largest absolute Gasteiger partial charge is 0.349 e. The van der Waals surface area contributed by atoms with Crippen molar-refractivity contribution in [2.24, 2.45) is 5.92 Å². The molecule has 104 valence electrons. The van der Waals surface area contributed by atoms with E-state index in [0.29, 0.717) is 11.6 Å². The minimum absolute atomic E-state index is 0.00672. The predicted molar refractivity (Wildman–Crippen MR) is 80.1 cm³/mol. The van der Waals surface area contributed by atoms with Gasteiger partial charge in [0.15, 0.2) is 0 Å². The normalized spacial score (nSPS) is 23.1. The van der Waals surface area contributed by atoms with Crippen LogP contribution in [0.5, 0.6) is 0 Å². The molecule has 1 aromatic heterocycles. The molecule has 0 radical (unpaired) electrons. The van der Waals surface area contributed by atoms with Crippen LogP contribution in [-0.2, 0) is 0 Å². The van der Waals surface area contributed by atoms with Crippen molar-refractivity contribution >= 4 is 21.8 Å². The number of halogens is 1. The van der Waals surface area contributed by atoms with Crippen LogP contribution in [0.25, 0.3) is 0 Å². The summed E-state index contributed by atoms with van der Waals surface area (Å²) in [5.74, 6) is 0.860. The fourth-order valence-corrected chi connectivity index (χ4v) is 3.17. The van der Waals surface area contributed by atoms with Gasteiger partial charge >= 0.3 is 0 Å². The molecule has 0 bridgehead atoms. The van der Waals surface area contributed by atoms with Crippen LogP contribution in [0.2, 0.25) is 0 Å². The molecular weight excluding hydrogens is 304 g/mol. The van der Waals surface area contributed by atoms with Crippen molar-refractivity contribution in [2.45, 2.75) is 51.5 Å². The Morgan fingerprint density at radius 1 is 1.37 bits per heavy atom. The summed E-state index contributed by atoms with van der Waals surface area (Å²) < 4.78 is 0.840. The van der Waals surface area contributed by atoms with E-state index < -0.39 is 0 Å². The van der Waals surface area contributed by atoms with Gasteiger partial charge in [0, 0.05) is 22.9 Å². The Hall–Kier alpha value is -0.900. The van der Waals surface area contributed by atoms with Crippen LogP contribution in [0.3, 0.4) is 0 Å². The molecule has 0 spiro atoms. The molecule has 0 aromatic carbocycles. The monoisotopic (exact) mass is 324 g/mol. The van der Waals surface area contributed by atoms with Crippen LogP contribution in [-0.4, -0.2) is 16.9 Å². The van der Waals surface area contributed by atoms with Crippen molar-refractivity contribution < 1.29 is 4.79 Å². The molecule has 1 aliphatic rings. The maximum Gasteiger partial charge on any atom is 0.253 e. The maximum absolute atomic E-state index is 12.1. The molecule has 2 rings (SSSR count). The zero-order chi connectivity index (χ0) is 13.7. The maximum atomic E-state index is 12.1. The van der Waals surface area contributed by atoms with Crippen LogP contribution < -0.4 is 5.32 Å². The van der Waals surface area contributed by atoms with E-state index in [-0.39, 0.29) is 5.91 Å². The number of rotatable bonds is 4. The third-order valence-corrected chi connectivity index (χ3v) is 4.28. The fourth-order valence-electron chi connectivity index (χ4n) is 2.81. The molecule has 1 N–H and O–H groups in total. The third kappa shape index (κ3) is 4.30. The summed E-state index contributed by atoms with van der Waals surface area (Å²) in [6.07, 6.45) is 10.6. The summed E-state index contributed by atoms with van der Waals surface area (Å²) in [5.41, 5.74) is 0.630. The Morgan fingerprint density at radius 3 is 2.74 bits per heavy atom. The summed E-state index contributed by atoms with van der Waals surface area (Å²) in [4.78, 5) is 16.1. The van der Waals surface area contributed by atoms with Gasteiger partial charge in [0.2, 0.25) is 0 Å². The van der Waals surface area contributed by atoms with Gasteiger partial charge < -0.3 is 5.32 Å². The smallest absolute Gasteiger partial charge is 0.253 e. The van der Waals surface area contributed by atoms with Crippen molar-refractivity contribution in [3.63, 3.8) is 0 Å². The fraction of sp³-hybridized carbons (Fsp3) is 0.600. The molecule has 19 heavy (non-hydrogen) atoms. The first-order valence-electron chi connectivity index (χ1n) is 7.10. The van der Waals surface area contributed by atoms with Gasteiger partial charge in [0.05, 0.1) is 5.56 Å². The Morgan fingerprint density at radius 2 is 2.11 bits per heavy atom. The molecule has 1 amide bonds. The molecule has 0 atom stereocenters. The summed E-state index contributed by atoms with van der Waals surface area (Å²) in [6, 6.07) is 2.14.